The number of hydrogen-bond acceptors (Lipinski definition) is 2. The van der Waals surface area contributed by atoms with Gasteiger partial charge in [0, 0.05) is 34.8 Å². The van der Waals surface area contributed by atoms with Gasteiger partial charge in [-0.25, -0.2) is 4.39 Å². The predicted octanol–water partition coefficient (Wildman–Crippen LogP) is 5.04. The lowest BCUT2D eigenvalue weighted by molar-refractivity contribution is 0.0357. The van der Waals surface area contributed by atoms with Gasteiger partial charge >= 0.3 is 0 Å². The molecule has 2 aromatic rings. The smallest absolute Gasteiger partial charge is 0.123 e. The molecule has 1 aliphatic heterocycles. The normalized spacial score (nSPS) is 17.2. The van der Waals surface area contributed by atoms with Crippen molar-refractivity contribution in [2.45, 2.75) is 24.9 Å². The van der Waals surface area contributed by atoms with Crippen LogP contribution in [0.1, 0.15) is 24.0 Å². The van der Waals surface area contributed by atoms with E-state index in [0.717, 1.165) is 33.5 Å². The highest BCUT2D eigenvalue weighted by molar-refractivity contribution is 9.10. The van der Waals surface area contributed by atoms with Crippen LogP contribution in [0.25, 0.3) is 0 Å². The van der Waals surface area contributed by atoms with E-state index in [1.54, 1.807) is 0 Å². The van der Waals surface area contributed by atoms with Crippen LogP contribution in [0.4, 0.5) is 4.39 Å². The van der Waals surface area contributed by atoms with Gasteiger partial charge in [0.05, 0.1) is 0 Å². The monoisotopic (exact) mass is 397 g/mol. The summed E-state index contributed by atoms with van der Waals surface area (Å²) >= 11 is 9.77. The summed E-state index contributed by atoms with van der Waals surface area (Å²) in [4.78, 5) is 0. The van der Waals surface area contributed by atoms with Gasteiger partial charge in [-0.15, -0.1) is 0 Å². The quantitative estimate of drug-likeness (QED) is 0.779. The van der Waals surface area contributed by atoms with Gasteiger partial charge in [0.2, 0.25) is 0 Å². The third-order valence-corrected chi connectivity index (χ3v) is 5.23. The molecule has 0 atom stereocenters. The molecule has 122 valence electrons. The third-order valence-electron chi connectivity index (χ3n) is 4.37. The minimum Gasteiger partial charge on any atom is -0.381 e. The van der Waals surface area contributed by atoms with Crippen molar-refractivity contribution in [2.75, 3.05) is 13.2 Å². The van der Waals surface area contributed by atoms with E-state index in [-0.39, 0.29) is 11.4 Å². The van der Waals surface area contributed by atoms with Gasteiger partial charge in [-0.1, -0.05) is 39.7 Å². The Morgan fingerprint density at radius 2 is 1.83 bits per heavy atom. The lowest BCUT2D eigenvalue weighted by Crippen LogP contribution is -2.46. The first-order valence-electron chi connectivity index (χ1n) is 7.62. The summed E-state index contributed by atoms with van der Waals surface area (Å²) in [6, 6.07) is 12.6. The Hall–Kier alpha value is -0.940. The van der Waals surface area contributed by atoms with Gasteiger partial charge in [-0.3, -0.25) is 0 Å². The second-order valence-electron chi connectivity index (χ2n) is 5.79. The maximum atomic E-state index is 13.3. The molecule has 1 N–H and O–H groups in total. The summed E-state index contributed by atoms with van der Waals surface area (Å²) < 4.78 is 19.8. The molecule has 0 radical (unpaired) electrons. The largest absolute Gasteiger partial charge is 0.381 e. The van der Waals surface area contributed by atoms with E-state index in [4.69, 9.17) is 16.3 Å². The molecular formula is C18H18BrClFNO. The molecule has 0 spiro atoms. The van der Waals surface area contributed by atoms with Crippen LogP contribution >= 0.6 is 27.5 Å². The first-order valence-corrected chi connectivity index (χ1v) is 8.79. The number of ether oxygens (including phenoxy) is 1. The van der Waals surface area contributed by atoms with Crippen molar-refractivity contribution in [3.05, 3.63) is 68.9 Å². The molecule has 0 saturated carbocycles. The molecule has 1 heterocycles. The minimum atomic E-state index is -0.217. The molecule has 0 unspecified atom stereocenters. The summed E-state index contributed by atoms with van der Waals surface area (Å²) in [5.41, 5.74) is 1.92. The van der Waals surface area contributed by atoms with Gasteiger partial charge in [0.1, 0.15) is 5.82 Å². The number of halogens is 3. The fraction of sp³-hybridized carbons (Fsp3) is 0.333. The third kappa shape index (κ3) is 3.94. The first-order chi connectivity index (χ1) is 11.1. The lowest BCUT2D eigenvalue weighted by Gasteiger charge is -2.39. The number of benzene rings is 2. The van der Waals surface area contributed by atoms with Gasteiger partial charge in [-0.2, -0.15) is 0 Å². The van der Waals surface area contributed by atoms with Crippen molar-refractivity contribution in [3.63, 3.8) is 0 Å². The van der Waals surface area contributed by atoms with E-state index >= 15 is 0 Å². The van der Waals surface area contributed by atoms with E-state index < -0.39 is 0 Å². The second-order valence-corrected chi connectivity index (χ2v) is 7.11. The Morgan fingerprint density at radius 1 is 1.13 bits per heavy atom. The Balaban J connectivity index is 1.84. The van der Waals surface area contributed by atoms with Gasteiger partial charge in [0.25, 0.3) is 0 Å². The molecule has 0 aliphatic carbocycles. The standard InChI is InChI=1S/C18H18BrClFNO/c19-15-3-6-17(20)13(11-15)12-22-18(7-9-23-10-8-18)14-1-4-16(21)5-2-14/h1-6,11,22H,7-10,12H2. The number of rotatable bonds is 4. The number of nitrogens with one attached hydrogen (secondary N) is 1. The summed E-state index contributed by atoms with van der Waals surface area (Å²) in [6.45, 7) is 2.03. The fourth-order valence-corrected chi connectivity index (χ4v) is 3.59. The van der Waals surface area contributed by atoms with Gasteiger partial charge < -0.3 is 10.1 Å². The van der Waals surface area contributed by atoms with Crippen LogP contribution in [0.15, 0.2) is 46.9 Å². The molecule has 3 rings (SSSR count). The Kier molecular flexibility index (Phi) is 5.37. The second kappa shape index (κ2) is 7.31. The molecule has 1 aliphatic rings. The molecule has 2 nitrogen and oxygen atoms in total. The Labute approximate surface area is 149 Å². The van der Waals surface area contributed by atoms with E-state index in [1.807, 2.05) is 30.3 Å². The molecule has 2 aromatic carbocycles. The fourth-order valence-electron chi connectivity index (χ4n) is 3.00. The molecule has 5 heteroatoms. The molecular weight excluding hydrogens is 381 g/mol. The number of hydrogen-bond donors (Lipinski definition) is 1. The molecule has 0 amide bonds. The minimum absolute atomic E-state index is 0.211. The maximum Gasteiger partial charge on any atom is 0.123 e. The summed E-state index contributed by atoms with van der Waals surface area (Å²) in [5.74, 6) is -0.217. The summed E-state index contributed by atoms with van der Waals surface area (Å²) in [7, 11) is 0. The van der Waals surface area contributed by atoms with Crippen LogP contribution in [0, 0.1) is 5.82 Å². The molecule has 1 fully saturated rings. The predicted molar refractivity (Wildman–Crippen MR) is 94.1 cm³/mol. The van der Waals surface area contributed by atoms with Gasteiger partial charge in [-0.05, 0) is 54.3 Å². The van der Waals surface area contributed by atoms with E-state index in [1.165, 1.54) is 12.1 Å². The average molecular weight is 399 g/mol. The van der Waals surface area contributed by atoms with Crippen LogP contribution in [0.2, 0.25) is 5.02 Å². The highest BCUT2D eigenvalue weighted by Crippen LogP contribution is 2.33. The maximum absolute atomic E-state index is 13.3. The Bertz CT molecular complexity index is 671. The molecule has 0 aromatic heterocycles. The van der Waals surface area contributed by atoms with Crippen LogP contribution in [0.5, 0.6) is 0 Å². The van der Waals surface area contributed by atoms with Crippen LogP contribution in [0.3, 0.4) is 0 Å². The van der Waals surface area contributed by atoms with Crippen molar-refractivity contribution in [3.8, 4) is 0 Å². The molecule has 23 heavy (non-hydrogen) atoms. The first kappa shape index (κ1) is 16.9. The average Bonchev–Trinajstić information content (AvgIpc) is 2.57. The van der Waals surface area contributed by atoms with Gasteiger partial charge in [0.15, 0.2) is 0 Å². The summed E-state index contributed by atoms with van der Waals surface area (Å²) in [6.07, 6.45) is 1.70. The van der Waals surface area contributed by atoms with Crippen LogP contribution < -0.4 is 5.32 Å². The zero-order chi connectivity index (χ0) is 16.3. The van der Waals surface area contributed by atoms with Crippen molar-refractivity contribution >= 4 is 27.5 Å². The lowest BCUT2D eigenvalue weighted by atomic mass is 9.82. The van der Waals surface area contributed by atoms with Crippen molar-refractivity contribution < 1.29 is 9.13 Å². The van der Waals surface area contributed by atoms with Crippen LogP contribution in [-0.2, 0) is 16.8 Å². The SMILES string of the molecule is Fc1ccc(C2(NCc3cc(Br)ccc3Cl)CCOCC2)cc1. The summed E-state index contributed by atoms with van der Waals surface area (Å²) in [5, 5.41) is 4.39. The highest BCUT2D eigenvalue weighted by atomic mass is 79.9. The van der Waals surface area contributed by atoms with Crippen molar-refractivity contribution in [2.24, 2.45) is 0 Å². The highest BCUT2D eigenvalue weighted by Gasteiger charge is 2.34. The zero-order valence-corrected chi connectivity index (χ0v) is 15.0. The molecule has 0 bridgehead atoms. The van der Waals surface area contributed by atoms with E-state index in [9.17, 15) is 4.39 Å². The van der Waals surface area contributed by atoms with Crippen molar-refractivity contribution in [1.82, 2.24) is 5.32 Å². The zero-order valence-electron chi connectivity index (χ0n) is 12.6. The Morgan fingerprint density at radius 3 is 2.52 bits per heavy atom. The molecule has 1 saturated heterocycles. The van der Waals surface area contributed by atoms with Crippen molar-refractivity contribution in [1.29, 1.82) is 0 Å². The van der Waals surface area contributed by atoms with E-state index in [0.29, 0.717) is 19.8 Å². The van der Waals surface area contributed by atoms with E-state index in [2.05, 4.69) is 21.2 Å². The van der Waals surface area contributed by atoms with Crippen LogP contribution in [-0.4, -0.2) is 13.2 Å². The topological polar surface area (TPSA) is 21.3 Å².